The molecule has 0 unspecified atom stereocenters. The number of Topliss-reactive ketones (excluding diaryl/α,β-unsaturated/α-hetero) is 1. The van der Waals surface area contributed by atoms with E-state index in [0.29, 0.717) is 25.7 Å². The van der Waals surface area contributed by atoms with Crippen molar-refractivity contribution in [3.05, 3.63) is 11.6 Å². The summed E-state index contributed by atoms with van der Waals surface area (Å²) in [7, 11) is 0. The number of aliphatic hydroxyl groups is 19. The molecule has 0 radical (unpaired) electrons. The highest BCUT2D eigenvalue weighted by Gasteiger charge is 2.71. The number of hydrogen-bond donors (Lipinski definition) is 19. The number of allylic oxidation sites excluding steroid dienone is 1. The number of aliphatic hydroxyl groups excluding tert-OH is 18. The quantitative estimate of drug-likeness (QED) is 0.0403. The molecule has 10 aliphatic rings. The smallest absolute Gasteiger partial charge is 0.187 e. The molecule has 0 bridgehead atoms. The molecule has 19 N–H and O–H groups in total. The van der Waals surface area contributed by atoms with Crippen LogP contribution in [-0.4, -0.2) is 332 Å². The van der Waals surface area contributed by atoms with Gasteiger partial charge in [-0.1, -0.05) is 53.2 Å². The molecule has 6 saturated heterocycles. The van der Waals surface area contributed by atoms with Crippen LogP contribution in [0, 0.1) is 45.3 Å². The summed E-state index contributed by atoms with van der Waals surface area (Å²) in [5, 5.41) is 205. The lowest BCUT2D eigenvalue weighted by molar-refractivity contribution is -0.374. The van der Waals surface area contributed by atoms with Gasteiger partial charge in [0.05, 0.1) is 81.4 Å². The fraction of sp³-hybridized carbons (Fsp3) is 0.955. The first-order valence-electron chi connectivity index (χ1n) is 35.2. The van der Waals surface area contributed by atoms with Gasteiger partial charge in [-0.3, -0.25) is 4.79 Å². The topological polar surface area (TPSA) is 512 Å². The predicted molar refractivity (Wildman–Crippen MR) is 334 cm³/mol. The molecule has 0 aromatic carbocycles. The Kier molecular flexibility index (Phi) is 25.4. The second-order valence-corrected chi connectivity index (χ2v) is 31.5. The summed E-state index contributed by atoms with van der Waals surface area (Å²) in [6.07, 6.45) is -40.1. The second kappa shape index (κ2) is 31.5. The van der Waals surface area contributed by atoms with Crippen molar-refractivity contribution < 1.29 is 159 Å². The van der Waals surface area contributed by atoms with E-state index >= 15 is 4.79 Å². The summed E-state index contributed by atoms with van der Waals surface area (Å²) in [6.45, 7) is 12.2. The van der Waals surface area contributed by atoms with Crippen LogP contribution in [0.5, 0.6) is 0 Å². The number of fused-ring (bicyclic) bond motifs is 5. The SMILES string of the molecule is C[C@H](CC[C@@H](O[C@@H]1O[C@H](CO[C@@H]2O[C@H](CCO)[C@@H](O)[C@H](O)[C@H]2O)[C@@H](O)[C@H](O)[C@H]1O[C@@H]1O[C@H](CO)C[C@H](O)[C@H]1O)C(C)(C)O)[C@H]1CC[C@@]2(C)[C@@H]3CC=C4[C@@H](CC[C@H](O[C@@H]5O[C@H](CO[C@@H]6O[C@H](CO)[C@@H](O[C@H]7O[C@H](CO)C[C@H](O)[C@H]7O)[C@H](O)[C@H]6O)[C@@H](O)[C@H](O)[C@H]5O)C4(C)C)[C@]3(C)C(=O)C[C@]12C. The standard InChI is InChI=1S/C67H112O32/c1-27(9-13-42(64(4,5)87)97-62-56(99-60-44(76)34(73)20-29(23-70)91-60)50(82)47(79)38(95-62)26-88-57-52(84)48(80)45(77)35(92-57)16-18-68)30-15-17-65(6)39-12-10-31-32(67(39,8)40(74)21-66(30,65)7)11-14-41(63(31,2)3)96-61-53(85)49(81)46(78)37(94-61)25-89-58-54(86)51(83)55(36(24-71)93-58)98-59-43(75)33(72)19-28(22-69)90-59/h10,27-30,32-39,41-62,68-73,75-87H,9,11-26H2,1-8H3/t27-,28+,29+,30-,32-,33+,34+,35-,36-,37-,38-,39+,41+,42-,43-,44-,45-,46-,47-,48+,49+,50+,51-,52-,53-,54-,55-,56-,57-,58-,59-,60+,61+,62+,65+,66-,67+/m1/s1. The molecular formula is C67H112O32. The predicted octanol–water partition coefficient (Wildman–Crippen LogP) is -4.93. The summed E-state index contributed by atoms with van der Waals surface area (Å²) in [4.78, 5) is 15.5. The summed E-state index contributed by atoms with van der Waals surface area (Å²) >= 11 is 0. The first-order valence-corrected chi connectivity index (χ1v) is 35.2. The van der Waals surface area contributed by atoms with Crippen molar-refractivity contribution >= 4 is 5.78 Å². The van der Waals surface area contributed by atoms with Gasteiger partial charge in [-0.25, -0.2) is 0 Å². The van der Waals surface area contributed by atoms with E-state index in [1.807, 2.05) is 13.8 Å². The Morgan fingerprint density at radius 1 is 0.535 bits per heavy atom. The molecule has 6 aliphatic heterocycles. The van der Waals surface area contributed by atoms with Gasteiger partial charge in [-0.05, 0) is 99.7 Å². The first-order chi connectivity index (χ1) is 46.5. The van der Waals surface area contributed by atoms with E-state index in [9.17, 15) is 97.0 Å². The molecule has 32 nitrogen and oxygen atoms in total. The highest BCUT2D eigenvalue weighted by atomic mass is 16.8. The molecule has 0 amide bonds. The van der Waals surface area contributed by atoms with Crippen molar-refractivity contribution in [2.45, 2.75) is 316 Å². The van der Waals surface area contributed by atoms with Gasteiger partial charge in [-0.2, -0.15) is 0 Å². The Morgan fingerprint density at radius 3 is 1.59 bits per heavy atom. The van der Waals surface area contributed by atoms with E-state index in [1.54, 1.807) is 0 Å². The number of ether oxygens (including phenoxy) is 12. The second-order valence-electron chi connectivity index (χ2n) is 31.5. The van der Waals surface area contributed by atoms with Crippen molar-refractivity contribution in [2.24, 2.45) is 45.3 Å². The van der Waals surface area contributed by atoms with Crippen LogP contribution in [0.15, 0.2) is 11.6 Å². The normalized spacial score (nSPS) is 50.2. The van der Waals surface area contributed by atoms with Crippen LogP contribution < -0.4 is 0 Å². The van der Waals surface area contributed by atoms with E-state index in [4.69, 9.17) is 56.8 Å². The van der Waals surface area contributed by atoms with E-state index in [1.165, 1.54) is 13.8 Å². The van der Waals surface area contributed by atoms with Crippen LogP contribution in [0.25, 0.3) is 0 Å². The Balaban J connectivity index is 0.794. The minimum atomic E-state index is -1.90. The summed E-state index contributed by atoms with van der Waals surface area (Å²) < 4.78 is 71.8. The highest BCUT2D eigenvalue weighted by molar-refractivity contribution is 5.88. The van der Waals surface area contributed by atoms with E-state index in [2.05, 4.69) is 33.8 Å². The highest BCUT2D eigenvalue weighted by Crippen LogP contribution is 2.74. The maximum absolute atomic E-state index is 15.5. The number of ketones is 1. The van der Waals surface area contributed by atoms with Crippen molar-refractivity contribution in [1.29, 1.82) is 0 Å². The van der Waals surface area contributed by atoms with Crippen LogP contribution in [0.3, 0.4) is 0 Å². The van der Waals surface area contributed by atoms with Crippen molar-refractivity contribution in [3.8, 4) is 0 Å². The maximum atomic E-state index is 15.5. The number of hydrogen-bond acceptors (Lipinski definition) is 32. The van der Waals surface area contributed by atoms with Gasteiger partial charge >= 0.3 is 0 Å². The van der Waals surface area contributed by atoms with Gasteiger partial charge in [0, 0.05) is 36.7 Å². The summed E-state index contributed by atoms with van der Waals surface area (Å²) in [6, 6.07) is 0. The zero-order chi connectivity index (χ0) is 72.5. The third-order valence-electron chi connectivity index (χ3n) is 24.7. The van der Waals surface area contributed by atoms with Crippen LogP contribution in [0.2, 0.25) is 0 Å². The van der Waals surface area contributed by atoms with E-state index in [0.717, 1.165) is 18.4 Å². The number of carbonyl (C=O) groups excluding carboxylic acids is 1. The van der Waals surface area contributed by atoms with Crippen molar-refractivity contribution in [3.63, 3.8) is 0 Å². The molecule has 32 heteroatoms. The van der Waals surface area contributed by atoms with Crippen LogP contribution >= 0.6 is 0 Å². The largest absolute Gasteiger partial charge is 0.396 e. The van der Waals surface area contributed by atoms with Crippen LogP contribution in [0.1, 0.15) is 126 Å². The molecule has 4 aliphatic carbocycles. The number of carbonyl (C=O) groups is 1. The van der Waals surface area contributed by atoms with E-state index in [-0.39, 0.29) is 67.0 Å². The van der Waals surface area contributed by atoms with Gasteiger partial charge in [0.25, 0.3) is 0 Å². The summed E-state index contributed by atoms with van der Waals surface area (Å²) in [5.74, 6) is -0.213. The Bertz CT molecular complexity index is 2670. The minimum Gasteiger partial charge on any atom is -0.396 e. The third-order valence-corrected chi connectivity index (χ3v) is 24.7. The Labute approximate surface area is 575 Å². The molecular weight excluding hydrogens is 1320 g/mol. The monoisotopic (exact) mass is 1430 g/mol. The molecule has 0 spiro atoms. The molecule has 572 valence electrons. The minimum absolute atomic E-state index is 0.00638. The molecule has 0 aromatic heterocycles. The van der Waals surface area contributed by atoms with Gasteiger partial charge in [0.1, 0.15) is 110 Å². The molecule has 0 aromatic rings. The molecule has 3 saturated carbocycles. The van der Waals surface area contributed by atoms with Crippen LogP contribution in [0.4, 0.5) is 0 Å². The fourth-order valence-electron chi connectivity index (χ4n) is 18.4. The molecule has 6 heterocycles. The van der Waals surface area contributed by atoms with Gasteiger partial charge in [0.2, 0.25) is 0 Å². The van der Waals surface area contributed by atoms with Gasteiger partial charge in [0.15, 0.2) is 37.7 Å². The number of rotatable bonds is 24. The zero-order valence-corrected chi connectivity index (χ0v) is 57.5. The van der Waals surface area contributed by atoms with Gasteiger partial charge < -0.3 is 154 Å². The summed E-state index contributed by atoms with van der Waals surface area (Å²) in [5.41, 5.74) is -3.03. The van der Waals surface area contributed by atoms with Gasteiger partial charge in [-0.15, -0.1) is 0 Å². The first kappa shape index (κ1) is 79.7. The molecule has 99 heavy (non-hydrogen) atoms. The lowest BCUT2D eigenvalue weighted by Crippen LogP contribution is -2.64. The lowest BCUT2D eigenvalue weighted by Gasteiger charge is -2.65. The van der Waals surface area contributed by atoms with Crippen molar-refractivity contribution in [1.82, 2.24) is 0 Å². The molecule has 10 rings (SSSR count). The third kappa shape index (κ3) is 15.3. The molecule has 9 fully saturated rings. The van der Waals surface area contributed by atoms with Crippen LogP contribution in [-0.2, 0) is 61.6 Å². The van der Waals surface area contributed by atoms with E-state index < -0.39 is 246 Å². The Hall–Kier alpha value is -1.83. The zero-order valence-electron chi connectivity index (χ0n) is 57.5. The maximum Gasteiger partial charge on any atom is 0.187 e. The van der Waals surface area contributed by atoms with Crippen molar-refractivity contribution in [2.75, 3.05) is 39.6 Å². The lowest BCUT2D eigenvalue weighted by atomic mass is 9.38. The Morgan fingerprint density at radius 2 is 1.03 bits per heavy atom. The molecule has 37 atom stereocenters. The average molecular weight is 1430 g/mol. The fourth-order valence-corrected chi connectivity index (χ4v) is 18.4. The average Bonchev–Trinajstić information content (AvgIpc) is 1.65.